The summed E-state index contributed by atoms with van der Waals surface area (Å²) >= 11 is 1.72. The zero-order chi connectivity index (χ0) is 38.2. The van der Waals surface area contributed by atoms with Gasteiger partial charge in [0.2, 0.25) is 0 Å². The van der Waals surface area contributed by atoms with Crippen LogP contribution in [0.15, 0.2) is 65.0 Å². The molecule has 3 aromatic heterocycles. The van der Waals surface area contributed by atoms with Crippen molar-refractivity contribution in [2.75, 3.05) is 0 Å². The maximum absolute atomic E-state index is 12.2. The van der Waals surface area contributed by atoms with Gasteiger partial charge in [0, 0.05) is 70.0 Å². The van der Waals surface area contributed by atoms with Crippen molar-refractivity contribution in [1.82, 2.24) is 9.97 Å². The number of aromatic nitrogens is 2. The maximum atomic E-state index is 12.2. The summed E-state index contributed by atoms with van der Waals surface area (Å²) < 4.78 is 7.57. The first-order chi connectivity index (χ1) is 24.5. The molecule has 0 aliphatic heterocycles. The summed E-state index contributed by atoms with van der Waals surface area (Å²) in [7, 11) is 0. The van der Waals surface area contributed by atoms with Crippen molar-refractivity contribution in [1.29, 1.82) is 0 Å². The molecule has 3 aromatic carbocycles. The molecule has 0 amide bonds. The van der Waals surface area contributed by atoms with E-state index in [1.54, 1.807) is 17.7 Å². The fourth-order valence-corrected chi connectivity index (χ4v) is 7.96. The van der Waals surface area contributed by atoms with E-state index in [2.05, 4.69) is 90.1 Å². The van der Waals surface area contributed by atoms with E-state index in [1.165, 1.54) is 38.1 Å². The van der Waals surface area contributed by atoms with Crippen LogP contribution in [0.25, 0.3) is 53.3 Å². The van der Waals surface area contributed by atoms with Gasteiger partial charge < -0.3 is 9.52 Å². The predicted octanol–water partition coefficient (Wildman–Crippen LogP) is 13.7. The molecule has 0 fully saturated rings. The second-order valence-electron chi connectivity index (χ2n) is 16.4. The zero-order valence-electron chi connectivity index (χ0n) is 33.7. The molecule has 1 radical (unpaired) electrons. The van der Waals surface area contributed by atoms with Gasteiger partial charge in [0.15, 0.2) is 5.78 Å². The molecule has 0 atom stereocenters. The third-order valence-corrected chi connectivity index (χ3v) is 12.5. The SMILES string of the molecule is CCC(C)(CC)C(=O)/C=C(\O)C(C)(CC)CC.Cc1c(CC(C)C)oc2ccc3sc4ncnc(-c5[c-]c6ccccc6c(C(C)(C)C)c5)c4c3c12.[Ir]. The molecule has 0 spiro atoms. The van der Waals surface area contributed by atoms with Gasteiger partial charge in [-0.1, -0.05) is 105 Å². The second-order valence-corrected chi connectivity index (χ2v) is 17.4. The Balaban J connectivity index is 0.000000299. The van der Waals surface area contributed by atoms with Crippen molar-refractivity contribution in [3.05, 3.63) is 83.6 Å². The molecule has 3 heterocycles. The number of hydrogen-bond donors (Lipinski definition) is 1. The number of fused-ring (bicyclic) bond motifs is 6. The van der Waals surface area contributed by atoms with Crippen molar-refractivity contribution < 1.29 is 34.4 Å². The summed E-state index contributed by atoms with van der Waals surface area (Å²) in [4.78, 5) is 22.7. The number of aryl methyl sites for hydroxylation is 1. The number of thiophene rings is 1. The van der Waals surface area contributed by atoms with Gasteiger partial charge in [-0.25, -0.2) is 4.98 Å². The Morgan fingerprint density at radius 1 is 0.906 bits per heavy atom. The van der Waals surface area contributed by atoms with Crippen LogP contribution in [-0.4, -0.2) is 20.9 Å². The van der Waals surface area contributed by atoms with Crippen molar-refractivity contribution >= 4 is 59.2 Å². The fraction of sp³-hybridized carbons (Fsp3) is 0.457. The van der Waals surface area contributed by atoms with E-state index in [4.69, 9.17) is 14.4 Å². The summed E-state index contributed by atoms with van der Waals surface area (Å²) in [6, 6.07) is 18.8. The van der Waals surface area contributed by atoms with Crippen LogP contribution >= 0.6 is 11.3 Å². The average molecular weight is 910 g/mol. The zero-order valence-corrected chi connectivity index (χ0v) is 36.9. The molecule has 0 aliphatic carbocycles. The van der Waals surface area contributed by atoms with Crippen molar-refractivity contribution in [2.24, 2.45) is 16.7 Å². The third kappa shape index (κ3) is 8.33. The molecule has 7 heteroatoms. The molecule has 285 valence electrons. The van der Waals surface area contributed by atoms with Crippen molar-refractivity contribution in [3.8, 4) is 11.3 Å². The number of nitrogens with zero attached hydrogens (tertiary/aromatic N) is 2. The largest absolute Gasteiger partial charge is 0.512 e. The van der Waals surface area contributed by atoms with E-state index in [1.807, 2.05) is 41.5 Å². The van der Waals surface area contributed by atoms with Crippen molar-refractivity contribution in [3.63, 3.8) is 0 Å². The molecule has 6 aromatic rings. The summed E-state index contributed by atoms with van der Waals surface area (Å²) in [6.45, 7) is 25.5. The number of carbonyl (C=O) groups is 1. The van der Waals surface area contributed by atoms with Crippen LogP contribution in [0.3, 0.4) is 0 Å². The molecule has 0 unspecified atom stereocenters. The molecule has 53 heavy (non-hydrogen) atoms. The number of aliphatic hydroxyl groups is 1. The van der Waals surface area contributed by atoms with Gasteiger partial charge in [-0.2, -0.15) is 0 Å². The topological polar surface area (TPSA) is 76.2 Å². The first-order valence-corrected chi connectivity index (χ1v) is 19.8. The van der Waals surface area contributed by atoms with Gasteiger partial charge in [-0.15, -0.1) is 40.5 Å². The minimum Gasteiger partial charge on any atom is -0.512 e. The van der Waals surface area contributed by atoms with Crippen LogP contribution < -0.4 is 0 Å². The number of aliphatic hydroxyl groups excluding tert-OH is 1. The van der Waals surface area contributed by atoms with E-state index in [0.29, 0.717) is 5.92 Å². The Hall–Kier alpha value is -3.38. The third-order valence-electron chi connectivity index (χ3n) is 11.5. The number of carbonyl (C=O) groups excluding carboxylic acids is 1. The Labute approximate surface area is 334 Å². The Morgan fingerprint density at radius 3 is 2.15 bits per heavy atom. The van der Waals surface area contributed by atoms with Gasteiger partial charge >= 0.3 is 0 Å². The van der Waals surface area contributed by atoms with E-state index in [-0.39, 0.29) is 47.9 Å². The van der Waals surface area contributed by atoms with Gasteiger partial charge in [0.05, 0.1) is 0 Å². The van der Waals surface area contributed by atoms with Crippen LogP contribution in [0.1, 0.15) is 119 Å². The summed E-state index contributed by atoms with van der Waals surface area (Å²) in [6.07, 6.45) is 7.38. The molecule has 0 saturated carbocycles. The van der Waals surface area contributed by atoms with E-state index >= 15 is 0 Å². The van der Waals surface area contributed by atoms with Gasteiger partial charge in [-0.3, -0.25) is 9.78 Å². The number of furan rings is 1. The second kappa shape index (κ2) is 16.5. The minimum atomic E-state index is -0.337. The Morgan fingerprint density at radius 2 is 1.55 bits per heavy atom. The van der Waals surface area contributed by atoms with E-state index in [0.717, 1.165) is 70.3 Å². The summed E-state index contributed by atoms with van der Waals surface area (Å²) in [5, 5.41) is 16.0. The average Bonchev–Trinajstić information content (AvgIpc) is 3.66. The molecule has 0 saturated heterocycles. The maximum Gasteiger partial charge on any atom is 0.164 e. The fourth-order valence-electron chi connectivity index (χ4n) is 6.91. The Kier molecular flexibility index (Phi) is 13.2. The summed E-state index contributed by atoms with van der Waals surface area (Å²) in [5.74, 6) is 1.90. The standard InChI is InChI=1S/C31H29N2OS.C15H28O2.Ir/c1-17(2)13-24-18(3)26-23(34-24)11-12-25-27(26)28-29(32-16-33-30(28)35-25)20-14-19-9-7-8-10-21(19)22(15-20)31(4,5)6;1-7-14(5,8-2)12(16)11-13(17)15(6,9-3)10-4;/h7-12,15-17H,13H2,1-6H3;11,16H,7-10H2,1-6H3;/q-1;;/b;12-11-;. The van der Waals surface area contributed by atoms with Gasteiger partial charge in [0.25, 0.3) is 0 Å². The number of ketones is 1. The van der Waals surface area contributed by atoms with E-state index < -0.39 is 0 Å². The smallest absolute Gasteiger partial charge is 0.164 e. The number of rotatable bonds is 10. The van der Waals surface area contributed by atoms with Crippen LogP contribution in [0.4, 0.5) is 0 Å². The van der Waals surface area contributed by atoms with Crippen LogP contribution in [0.5, 0.6) is 0 Å². The molecule has 0 aliphatic rings. The van der Waals surface area contributed by atoms with Crippen LogP contribution in [0, 0.1) is 29.7 Å². The predicted molar refractivity (Wildman–Crippen MR) is 222 cm³/mol. The number of benzene rings is 3. The van der Waals surface area contributed by atoms with Crippen molar-refractivity contribution in [2.45, 2.75) is 121 Å². The minimum absolute atomic E-state index is 0. The summed E-state index contributed by atoms with van der Waals surface area (Å²) in [5.41, 5.74) is 4.82. The molecule has 6 rings (SSSR count). The molecule has 1 N–H and O–H groups in total. The van der Waals surface area contributed by atoms with Crippen LogP contribution in [-0.2, 0) is 36.7 Å². The number of hydrogen-bond acceptors (Lipinski definition) is 6. The monoisotopic (exact) mass is 910 g/mol. The molecule has 5 nitrogen and oxygen atoms in total. The number of allylic oxidation sites excluding steroid dienone is 2. The normalized spacial score (nSPS) is 12.8. The molecular formula is C46H57IrN2O3S-. The Bertz CT molecular complexity index is 2260. The van der Waals surface area contributed by atoms with E-state index in [9.17, 15) is 9.90 Å². The molecular weight excluding hydrogens is 853 g/mol. The first-order valence-electron chi connectivity index (χ1n) is 19.0. The van der Waals surface area contributed by atoms with Gasteiger partial charge in [0.1, 0.15) is 28.3 Å². The van der Waals surface area contributed by atoms with Gasteiger partial charge in [-0.05, 0) is 61.6 Å². The molecule has 0 bridgehead atoms. The first kappa shape index (κ1) is 42.4. The quantitative estimate of drug-likeness (QED) is 0.0842. The van der Waals surface area contributed by atoms with Crippen LogP contribution in [0.2, 0.25) is 0 Å².